The Balaban J connectivity index is 1.52. The molecule has 0 radical (unpaired) electrons. The van der Waals surface area contributed by atoms with Crippen LogP contribution in [0.1, 0.15) is 34.9 Å². The summed E-state index contributed by atoms with van der Waals surface area (Å²) < 4.78 is 1.86. The first-order valence-electron chi connectivity index (χ1n) is 8.32. The molecule has 2 aromatic carbocycles. The Morgan fingerprint density at radius 1 is 1.12 bits per heavy atom. The van der Waals surface area contributed by atoms with E-state index in [1.807, 2.05) is 35.0 Å². The van der Waals surface area contributed by atoms with Gasteiger partial charge in [0.2, 0.25) is 5.16 Å². The van der Waals surface area contributed by atoms with Gasteiger partial charge in [0.05, 0.1) is 11.4 Å². The van der Waals surface area contributed by atoms with E-state index in [0.29, 0.717) is 16.6 Å². The van der Waals surface area contributed by atoms with Crippen LogP contribution in [0.5, 0.6) is 11.5 Å². The maximum Gasteiger partial charge on any atom is 0.209 e. The highest BCUT2D eigenvalue weighted by Gasteiger charge is 2.30. The summed E-state index contributed by atoms with van der Waals surface area (Å²) in [4.78, 5) is 16.9. The van der Waals surface area contributed by atoms with Gasteiger partial charge in [-0.15, -0.1) is 5.10 Å². The van der Waals surface area contributed by atoms with Crippen LogP contribution in [0.4, 0.5) is 0 Å². The second-order valence-electron chi connectivity index (χ2n) is 6.19. The average Bonchev–Trinajstić information content (AvgIpc) is 3.42. The van der Waals surface area contributed by atoms with E-state index in [0.717, 1.165) is 24.4 Å². The van der Waals surface area contributed by atoms with Gasteiger partial charge >= 0.3 is 0 Å². The van der Waals surface area contributed by atoms with Gasteiger partial charge in [0.25, 0.3) is 0 Å². The summed E-state index contributed by atoms with van der Waals surface area (Å²) in [5, 5.41) is 24.0. The first kappa shape index (κ1) is 16.7. The monoisotopic (exact) mass is 367 g/mol. The molecular formula is C19H17N3O3S. The number of hydrogen-bond donors (Lipinski definition) is 2. The number of ketones is 1. The standard InChI is InChI=1S/C19H17N3O3S/c23-15-9-8-13(10-16(15)24)17(25)11-26-19-20-18(12-6-7-12)22(21-19)14-4-2-1-3-5-14/h1-5,8-10,12,23-24H,6-7,11H2. The van der Waals surface area contributed by atoms with Crippen LogP contribution in [0.2, 0.25) is 0 Å². The molecule has 0 amide bonds. The van der Waals surface area contributed by atoms with Crippen LogP contribution < -0.4 is 0 Å². The van der Waals surface area contributed by atoms with E-state index in [1.54, 1.807) is 0 Å². The van der Waals surface area contributed by atoms with Crippen molar-refractivity contribution in [3.8, 4) is 17.2 Å². The SMILES string of the molecule is O=C(CSc1nc(C2CC2)n(-c2ccccc2)n1)c1ccc(O)c(O)c1. The number of thioether (sulfide) groups is 1. The molecule has 2 N–H and O–H groups in total. The quantitative estimate of drug-likeness (QED) is 0.394. The van der Waals surface area contributed by atoms with Crippen molar-refractivity contribution in [3.63, 3.8) is 0 Å². The fourth-order valence-electron chi connectivity index (χ4n) is 2.64. The maximum absolute atomic E-state index is 12.3. The molecule has 4 rings (SSSR count). The Hall–Kier alpha value is -2.80. The number of benzene rings is 2. The number of aromatic nitrogens is 3. The lowest BCUT2D eigenvalue weighted by Gasteiger charge is -2.03. The fourth-order valence-corrected chi connectivity index (χ4v) is 3.37. The summed E-state index contributed by atoms with van der Waals surface area (Å²) in [6, 6.07) is 13.9. The minimum absolute atomic E-state index is 0.158. The molecule has 0 aliphatic heterocycles. The molecule has 1 aliphatic carbocycles. The van der Waals surface area contributed by atoms with E-state index in [2.05, 4.69) is 10.1 Å². The minimum Gasteiger partial charge on any atom is -0.504 e. The van der Waals surface area contributed by atoms with Crippen molar-refractivity contribution in [2.75, 3.05) is 5.75 Å². The summed E-state index contributed by atoms with van der Waals surface area (Å²) in [5.41, 5.74) is 1.31. The number of hydrogen-bond acceptors (Lipinski definition) is 6. The second-order valence-corrected chi connectivity index (χ2v) is 7.13. The molecule has 1 aliphatic rings. The maximum atomic E-state index is 12.3. The molecule has 132 valence electrons. The molecule has 0 atom stereocenters. The van der Waals surface area contributed by atoms with Gasteiger partial charge in [-0.3, -0.25) is 4.79 Å². The summed E-state index contributed by atoms with van der Waals surface area (Å²) in [7, 11) is 0. The molecule has 1 aromatic heterocycles. The van der Waals surface area contributed by atoms with Crippen molar-refractivity contribution < 1.29 is 15.0 Å². The van der Waals surface area contributed by atoms with Crippen LogP contribution in [-0.4, -0.2) is 36.5 Å². The summed E-state index contributed by atoms with van der Waals surface area (Å²) in [5.74, 6) is 0.826. The minimum atomic E-state index is -0.302. The molecule has 0 saturated heterocycles. The number of nitrogens with zero attached hydrogens (tertiary/aromatic N) is 3. The van der Waals surface area contributed by atoms with Crippen molar-refractivity contribution in [1.29, 1.82) is 0 Å². The molecular weight excluding hydrogens is 350 g/mol. The second kappa shape index (κ2) is 6.84. The van der Waals surface area contributed by atoms with Gasteiger partial charge in [-0.2, -0.15) is 0 Å². The molecule has 1 fully saturated rings. The number of rotatable bonds is 6. The predicted molar refractivity (Wildman–Crippen MR) is 98.2 cm³/mol. The lowest BCUT2D eigenvalue weighted by molar-refractivity contribution is 0.102. The number of carbonyl (C=O) groups excluding carboxylic acids is 1. The van der Waals surface area contributed by atoms with Gasteiger partial charge in [0, 0.05) is 11.5 Å². The zero-order chi connectivity index (χ0) is 18.1. The van der Waals surface area contributed by atoms with Crippen molar-refractivity contribution in [2.24, 2.45) is 0 Å². The van der Waals surface area contributed by atoms with E-state index in [-0.39, 0.29) is 23.0 Å². The lowest BCUT2D eigenvalue weighted by atomic mass is 10.1. The molecule has 0 spiro atoms. The highest BCUT2D eigenvalue weighted by molar-refractivity contribution is 7.99. The molecule has 0 unspecified atom stereocenters. The zero-order valence-corrected chi connectivity index (χ0v) is 14.7. The Labute approximate surface area is 154 Å². The summed E-state index contributed by atoms with van der Waals surface area (Å²) in [6.45, 7) is 0. The van der Waals surface area contributed by atoms with Gasteiger partial charge in [0.15, 0.2) is 17.3 Å². The number of Topliss-reactive ketones (excluding diaryl/α,β-unsaturated/α-hetero) is 1. The number of aromatic hydroxyl groups is 2. The van der Waals surface area contributed by atoms with Crippen LogP contribution in [-0.2, 0) is 0 Å². The van der Waals surface area contributed by atoms with Crippen LogP contribution in [0.15, 0.2) is 53.7 Å². The molecule has 3 aromatic rings. The third kappa shape index (κ3) is 3.43. The van der Waals surface area contributed by atoms with Crippen LogP contribution in [0, 0.1) is 0 Å². The van der Waals surface area contributed by atoms with Gasteiger partial charge in [-0.25, -0.2) is 9.67 Å². The molecule has 7 heteroatoms. The number of para-hydroxylation sites is 1. The number of phenolic OH excluding ortho intramolecular Hbond substituents is 2. The van der Waals surface area contributed by atoms with Crippen molar-refractivity contribution in [1.82, 2.24) is 14.8 Å². The Morgan fingerprint density at radius 3 is 2.58 bits per heavy atom. The van der Waals surface area contributed by atoms with E-state index >= 15 is 0 Å². The first-order chi connectivity index (χ1) is 12.6. The molecule has 1 heterocycles. The Bertz CT molecular complexity index is 952. The zero-order valence-electron chi connectivity index (χ0n) is 13.9. The molecule has 0 bridgehead atoms. The van der Waals surface area contributed by atoms with Gasteiger partial charge in [0.1, 0.15) is 5.82 Å². The van der Waals surface area contributed by atoms with E-state index < -0.39 is 0 Å². The van der Waals surface area contributed by atoms with Crippen LogP contribution >= 0.6 is 11.8 Å². The van der Waals surface area contributed by atoms with E-state index in [4.69, 9.17) is 0 Å². The molecule has 1 saturated carbocycles. The molecule has 6 nitrogen and oxygen atoms in total. The van der Waals surface area contributed by atoms with Gasteiger partial charge in [-0.05, 0) is 43.2 Å². The lowest BCUT2D eigenvalue weighted by Crippen LogP contribution is -2.03. The summed E-state index contributed by atoms with van der Waals surface area (Å²) >= 11 is 1.27. The predicted octanol–water partition coefficient (Wildman–Crippen LogP) is 3.53. The normalized spacial score (nSPS) is 13.7. The first-order valence-corrected chi connectivity index (χ1v) is 9.31. The van der Waals surface area contributed by atoms with Crippen LogP contribution in [0.3, 0.4) is 0 Å². The van der Waals surface area contributed by atoms with Crippen molar-refractivity contribution in [2.45, 2.75) is 23.9 Å². The highest BCUT2D eigenvalue weighted by Crippen LogP contribution is 2.40. The largest absolute Gasteiger partial charge is 0.504 e. The molecule has 26 heavy (non-hydrogen) atoms. The third-order valence-corrected chi connectivity index (χ3v) is 5.02. The fraction of sp³-hybridized carbons (Fsp3) is 0.211. The smallest absolute Gasteiger partial charge is 0.209 e. The van der Waals surface area contributed by atoms with Crippen molar-refractivity contribution >= 4 is 17.5 Å². The third-order valence-electron chi connectivity index (χ3n) is 4.19. The highest BCUT2D eigenvalue weighted by atomic mass is 32.2. The van der Waals surface area contributed by atoms with E-state index in [9.17, 15) is 15.0 Å². The Morgan fingerprint density at radius 2 is 1.88 bits per heavy atom. The van der Waals surface area contributed by atoms with Gasteiger partial charge < -0.3 is 10.2 Å². The number of phenols is 2. The summed E-state index contributed by atoms with van der Waals surface area (Å²) in [6.07, 6.45) is 2.22. The van der Waals surface area contributed by atoms with E-state index in [1.165, 1.54) is 30.0 Å². The van der Waals surface area contributed by atoms with Gasteiger partial charge in [-0.1, -0.05) is 30.0 Å². The number of carbonyl (C=O) groups is 1. The van der Waals surface area contributed by atoms with Crippen LogP contribution in [0.25, 0.3) is 5.69 Å². The average molecular weight is 367 g/mol. The van der Waals surface area contributed by atoms with Crippen molar-refractivity contribution in [3.05, 3.63) is 59.9 Å². The Kier molecular flexibility index (Phi) is 4.38. The topological polar surface area (TPSA) is 88.2 Å².